The number of anilines is 1. The van der Waals surface area contributed by atoms with Crippen molar-refractivity contribution in [2.75, 3.05) is 44.8 Å². The van der Waals surface area contributed by atoms with Crippen molar-refractivity contribution in [1.82, 2.24) is 14.8 Å². The van der Waals surface area contributed by atoms with Gasteiger partial charge in [0.1, 0.15) is 5.69 Å². The number of benzene rings is 1. The van der Waals surface area contributed by atoms with E-state index in [4.69, 9.17) is 9.47 Å². The van der Waals surface area contributed by atoms with Gasteiger partial charge < -0.3 is 19.7 Å². The maximum Gasteiger partial charge on any atom is 0.272 e. The van der Waals surface area contributed by atoms with Crippen LogP contribution in [0.5, 0.6) is 11.5 Å². The van der Waals surface area contributed by atoms with Crippen LogP contribution >= 0.6 is 0 Å². The van der Waals surface area contributed by atoms with Gasteiger partial charge in [-0.25, -0.2) is 4.98 Å². The Morgan fingerprint density at radius 3 is 2.69 bits per heavy atom. The van der Waals surface area contributed by atoms with E-state index in [0.717, 1.165) is 56.2 Å². The van der Waals surface area contributed by atoms with Gasteiger partial charge >= 0.3 is 0 Å². The first-order valence-electron chi connectivity index (χ1n) is 10.3. The van der Waals surface area contributed by atoms with E-state index in [1.165, 1.54) is 5.56 Å². The minimum Gasteiger partial charge on any atom is -0.454 e. The molecule has 154 valence electrons. The number of fused-ring (bicyclic) bond motifs is 1. The summed E-state index contributed by atoms with van der Waals surface area (Å²) in [5, 5.41) is 3.32. The molecule has 1 aromatic carbocycles. The Morgan fingerprint density at radius 1 is 1.10 bits per heavy atom. The number of nitrogens with one attached hydrogen (secondary N) is 1. The fraction of sp³-hybridized carbons (Fsp3) is 0.455. The molecule has 7 heteroatoms. The fourth-order valence-corrected chi connectivity index (χ4v) is 3.60. The lowest BCUT2D eigenvalue weighted by molar-refractivity contribution is 0.0623. The number of pyridine rings is 1. The smallest absolute Gasteiger partial charge is 0.272 e. The number of unbranched alkanes of at least 4 members (excludes halogenated alkanes) is 1. The number of rotatable bonds is 7. The van der Waals surface area contributed by atoms with E-state index in [2.05, 4.69) is 28.2 Å². The van der Waals surface area contributed by atoms with Crippen molar-refractivity contribution >= 4 is 11.6 Å². The molecule has 1 fully saturated rings. The fourth-order valence-electron chi connectivity index (χ4n) is 3.60. The van der Waals surface area contributed by atoms with Gasteiger partial charge in [0.2, 0.25) is 6.79 Å². The van der Waals surface area contributed by atoms with Crippen molar-refractivity contribution in [2.45, 2.75) is 26.3 Å². The molecule has 0 atom stereocenters. The third kappa shape index (κ3) is 4.79. The predicted octanol–water partition coefficient (Wildman–Crippen LogP) is 2.98. The summed E-state index contributed by atoms with van der Waals surface area (Å²) in [6.45, 7) is 7.34. The maximum atomic E-state index is 12.8. The molecule has 4 rings (SSSR count). The molecule has 1 N–H and O–H groups in total. The summed E-state index contributed by atoms with van der Waals surface area (Å²) in [6.07, 6.45) is 4.02. The molecule has 0 radical (unpaired) electrons. The molecule has 29 heavy (non-hydrogen) atoms. The monoisotopic (exact) mass is 396 g/mol. The number of amides is 1. The highest BCUT2D eigenvalue weighted by Gasteiger charge is 2.23. The Balaban J connectivity index is 1.27. The van der Waals surface area contributed by atoms with Gasteiger partial charge in [0.05, 0.1) is 11.9 Å². The molecular formula is C22H28N4O3. The molecular weight excluding hydrogens is 368 g/mol. The van der Waals surface area contributed by atoms with Crippen LogP contribution in [0.4, 0.5) is 5.69 Å². The lowest BCUT2D eigenvalue weighted by Crippen LogP contribution is -2.48. The van der Waals surface area contributed by atoms with Gasteiger partial charge in [-0.1, -0.05) is 19.4 Å². The molecule has 2 aliphatic rings. The zero-order valence-corrected chi connectivity index (χ0v) is 16.9. The Labute approximate surface area is 171 Å². The molecule has 1 amide bonds. The normalized spacial score (nSPS) is 16.1. The van der Waals surface area contributed by atoms with Gasteiger partial charge in [-0.15, -0.1) is 0 Å². The van der Waals surface area contributed by atoms with Crippen LogP contribution in [0.1, 0.15) is 35.8 Å². The summed E-state index contributed by atoms with van der Waals surface area (Å²) >= 11 is 0. The first-order valence-corrected chi connectivity index (χ1v) is 10.3. The van der Waals surface area contributed by atoms with Gasteiger partial charge in [-0.3, -0.25) is 9.69 Å². The third-order valence-corrected chi connectivity index (χ3v) is 5.34. The topological polar surface area (TPSA) is 66.9 Å². The van der Waals surface area contributed by atoms with Crippen molar-refractivity contribution < 1.29 is 14.3 Å². The predicted molar refractivity (Wildman–Crippen MR) is 111 cm³/mol. The number of ether oxygens (including phenoxy) is 2. The summed E-state index contributed by atoms with van der Waals surface area (Å²) in [6, 6.07) is 9.83. The highest BCUT2D eigenvalue weighted by atomic mass is 16.7. The zero-order chi connectivity index (χ0) is 20.1. The van der Waals surface area contributed by atoms with Gasteiger partial charge in [-0.05, 0) is 36.2 Å². The summed E-state index contributed by atoms with van der Waals surface area (Å²) in [5.41, 5.74) is 2.67. The van der Waals surface area contributed by atoms with E-state index in [9.17, 15) is 4.79 Å². The average molecular weight is 396 g/mol. The number of aromatic nitrogens is 1. The van der Waals surface area contributed by atoms with Gasteiger partial charge in [0.15, 0.2) is 11.5 Å². The van der Waals surface area contributed by atoms with E-state index in [-0.39, 0.29) is 5.91 Å². The second-order valence-corrected chi connectivity index (χ2v) is 7.47. The average Bonchev–Trinajstić information content (AvgIpc) is 3.22. The Bertz CT molecular complexity index is 832. The molecule has 2 aromatic rings. The molecule has 0 unspecified atom stereocenters. The van der Waals surface area contributed by atoms with Gasteiger partial charge in [0, 0.05) is 39.3 Å². The molecule has 0 bridgehead atoms. The summed E-state index contributed by atoms with van der Waals surface area (Å²) in [5.74, 6) is 1.63. The second kappa shape index (κ2) is 9.13. The van der Waals surface area contributed by atoms with Crippen molar-refractivity contribution in [3.05, 3.63) is 47.8 Å². The molecule has 0 aliphatic carbocycles. The number of nitrogens with zero attached hydrogens (tertiary/aromatic N) is 3. The molecule has 1 aromatic heterocycles. The Kier molecular flexibility index (Phi) is 6.14. The first kappa shape index (κ1) is 19.5. The van der Waals surface area contributed by atoms with Crippen molar-refractivity contribution in [3.8, 4) is 11.5 Å². The number of carbonyl (C=O) groups excluding carboxylic acids is 1. The molecule has 0 spiro atoms. The van der Waals surface area contributed by atoms with E-state index >= 15 is 0 Å². The highest BCUT2D eigenvalue weighted by molar-refractivity contribution is 5.92. The highest BCUT2D eigenvalue weighted by Crippen LogP contribution is 2.32. The quantitative estimate of drug-likeness (QED) is 0.726. The Hall–Kier alpha value is -2.80. The van der Waals surface area contributed by atoms with Crippen LogP contribution < -0.4 is 14.8 Å². The van der Waals surface area contributed by atoms with Crippen LogP contribution in [0.25, 0.3) is 0 Å². The SMILES string of the molecule is CCCCNc1ccc(C(=O)N2CCN(Cc3ccc4c(c3)OCO4)CC2)nc1. The second-order valence-electron chi connectivity index (χ2n) is 7.47. The van der Waals surface area contributed by atoms with Crippen LogP contribution in [-0.4, -0.2) is 60.2 Å². The van der Waals surface area contributed by atoms with Crippen LogP contribution in [0, 0.1) is 0 Å². The lowest BCUT2D eigenvalue weighted by atomic mass is 10.1. The van der Waals surface area contributed by atoms with Crippen LogP contribution in [-0.2, 0) is 6.54 Å². The minimum atomic E-state index is 0.00726. The Morgan fingerprint density at radius 2 is 1.93 bits per heavy atom. The number of hydrogen-bond donors (Lipinski definition) is 1. The van der Waals surface area contributed by atoms with E-state index < -0.39 is 0 Å². The van der Waals surface area contributed by atoms with Crippen molar-refractivity contribution in [3.63, 3.8) is 0 Å². The van der Waals surface area contributed by atoms with E-state index in [0.29, 0.717) is 25.6 Å². The van der Waals surface area contributed by atoms with E-state index in [1.807, 2.05) is 29.2 Å². The number of hydrogen-bond acceptors (Lipinski definition) is 6. The van der Waals surface area contributed by atoms with Crippen molar-refractivity contribution in [2.24, 2.45) is 0 Å². The summed E-state index contributed by atoms with van der Waals surface area (Å²) in [7, 11) is 0. The molecule has 2 aliphatic heterocycles. The first-order chi connectivity index (χ1) is 14.2. The van der Waals surface area contributed by atoms with Crippen LogP contribution in [0.15, 0.2) is 36.5 Å². The minimum absolute atomic E-state index is 0.00726. The summed E-state index contributed by atoms with van der Waals surface area (Å²) in [4.78, 5) is 21.4. The largest absolute Gasteiger partial charge is 0.454 e. The molecule has 7 nitrogen and oxygen atoms in total. The van der Waals surface area contributed by atoms with Crippen LogP contribution in [0.2, 0.25) is 0 Å². The maximum absolute atomic E-state index is 12.8. The van der Waals surface area contributed by atoms with Crippen LogP contribution in [0.3, 0.4) is 0 Å². The van der Waals surface area contributed by atoms with Crippen molar-refractivity contribution in [1.29, 1.82) is 0 Å². The van der Waals surface area contributed by atoms with Gasteiger partial charge in [0.25, 0.3) is 5.91 Å². The number of piperazine rings is 1. The lowest BCUT2D eigenvalue weighted by Gasteiger charge is -2.34. The van der Waals surface area contributed by atoms with E-state index in [1.54, 1.807) is 6.20 Å². The third-order valence-electron chi connectivity index (χ3n) is 5.34. The molecule has 0 saturated carbocycles. The standard InChI is InChI=1S/C22H28N4O3/c1-2-3-8-23-18-5-6-19(24-14-18)22(27)26-11-9-25(10-12-26)15-17-4-7-20-21(13-17)29-16-28-20/h4-7,13-14,23H,2-3,8-12,15-16H2,1H3. The zero-order valence-electron chi connectivity index (χ0n) is 16.9. The number of carbonyl (C=O) groups is 1. The summed E-state index contributed by atoms with van der Waals surface area (Å²) < 4.78 is 10.8. The molecule has 1 saturated heterocycles. The van der Waals surface area contributed by atoms with Gasteiger partial charge in [-0.2, -0.15) is 0 Å². The molecule has 3 heterocycles.